The minimum absolute atomic E-state index is 0.132. The average molecular weight is 285 g/mol. The van der Waals surface area contributed by atoms with Crippen molar-refractivity contribution in [3.05, 3.63) is 47.7 Å². The van der Waals surface area contributed by atoms with E-state index in [4.69, 9.17) is 10.3 Å². The highest BCUT2D eigenvalue weighted by atomic mass is 16.3. The maximum atomic E-state index is 5.90. The van der Waals surface area contributed by atoms with Crippen LogP contribution in [0.25, 0.3) is 11.0 Å². The van der Waals surface area contributed by atoms with Crippen LogP contribution in [0, 0.1) is 6.92 Å². The molecule has 0 saturated carbocycles. The van der Waals surface area contributed by atoms with Crippen LogP contribution in [-0.2, 0) is 13.0 Å². The van der Waals surface area contributed by atoms with Crippen molar-refractivity contribution in [3.63, 3.8) is 0 Å². The number of aryl methyl sites for hydroxylation is 2. The van der Waals surface area contributed by atoms with Gasteiger partial charge in [0.1, 0.15) is 23.5 Å². The summed E-state index contributed by atoms with van der Waals surface area (Å²) in [6.45, 7) is 4.88. The zero-order valence-electron chi connectivity index (χ0n) is 12.2. The summed E-state index contributed by atoms with van der Waals surface area (Å²) in [6.07, 6.45) is 2.19. The van der Waals surface area contributed by atoms with E-state index >= 15 is 0 Å². The summed E-state index contributed by atoms with van der Waals surface area (Å²) >= 11 is 0. The van der Waals surface area contributed by atoms with Crippen LogP contribution >= 0.6 is 0 Å². The zero-order chi connectivity index (χ0) is 14.8. The highest BCUT2D eigenvalue weighted by Gasteiger charge is 2.18. The molecule has 6 nitrogen and oxygen atoms in total. The number of furan rings is 1. The van der Waals surface area contributed by atoms with Crippen LogP contribution in [-0.4, -0.2) is 14.8 Å². The van der Waals surface area contributed by atoms with Crippen molar-refractivity contribution in [3.8, 4) is 0 Å². The van der Waals surface area contributed by atoms with Crippen LogP contribution in [0.2, 0.25) is 0 Å². The Morgan fingerprint density at radius 3 is 3.00 bits per heavy atom. The SMILES string of the molecule is CCn1ncnc1CC(NN)c1cc2cc(C)ccc2o1. The Kier molecular flexibility index (Phi) is 3.72. The van der Waals surface area contributed by atoms with E-state index in [1.807, 2.05) is 29.8 Å². The first kappa shape index (κ1) is 13.8. The lowest BCUT2D eigenvalue weighted by Gasteiger charge is -2.12. The van der Waals surface area contributed by atoms with Crippen LogP contribution in [0.15, 0.2) is 35.0 Å². The molecule has 0 aliphatic carbocycles. The molecule has 3 N–H and O–H groups in total. The minimum Gasteiger partial charge on any atom is -0.459 e. The number of benzene rings is 1. The lowest BCUT2D eigenvalue weighted by atomic mass is 10.1. The number of fused-ring (bicyclic) bond motifs is 1. The van der Waals surface area contributed by atoms with Crippen molar-refractivity contribution in [1.29, 1.82) is 0 Å². The van der Waals surface area contributed by atoms with Crippen LogP contribution in [0.4, 0.5) is 0 Å². The van der Waals surface area contributed by atoms with Gasteiger partial charge in [-0.3, -0.25) is 10.5 Å². The topological polar surface area (TPSA) is 81.9 Å². The fourth-order valence-electron chi connectivity index (χ4n) is 2.49. The molecule has 0 saturated heterocycles. The molecule has 3 rings (SSSR count). The van der Waals surface area contributed by atoms with E-state index in [2.05, 4.69) is 28.5 Å². The van der Waals surface area contributed by atoms with Gasteiger partial charge in [-0.25, -0.2) is 10.4 Å². The molecule has 0 amide bonds. The molecule has 3 aromatic rings. The lowest BCUT2D eigenvalue weighted by molar-refractivity contribution is 0.421. The number of aromatic nitrogens is 3. The van der Waals surface area contributed by atoms with Gasteiger partial charge in [-0.15, -0.1) is 0 Å². The maximum absolute atomic E-state index is 5.90. The van der Waals surface area contributed by atoms with Gasteiger partial charge in [-0.1, -0.05) is 11.6 Å². The number of nitrogens with one attached hydrogen (secondary N) is 1. The molecule has 2 aromatic heterocycles. The van der Waals surface area contributed by atoms with Gasteiger partial charge in [-0.05, 0) is 32.0 Å². The highest BCUT2D eigenvalue weighted by molar-refractivity contribution is 5.78. The van der Waals surface area contributed by atoms with Gasteiger partial charge in [0.25, 0.3) is 0 Å². The van der Waals surface area contributed by atoms with Gasteiger partial charge < -0.3 is 4.42 Å². The van der Waals surface area contributed by atoms with Gasteiger partial charge in [-0.2, -0.15) is 5.10 Å². The molecule has 0 bridgehead atoms. The summed E-state index contributed by atoms with van der Waals surface area (Å²) in [5, 5.41) is 5.26. The third-order valence-electron chi connectivity index (χ3n) is 3.62. The molecule has 1 unspecified atom stereocenters. The molecule has 21 heavy (non-hydrogen) atoms. The summed E-state index contributed by atoms with van der Waals surface area (Å²) in [5.41, 5.74) is 4.88. The third kappa shape index (κ3) is 2.68. The van der Waals surface area contributed by atoms with Crippen LogP contribution < -0.4 is 11.3 Å². The molecule has 1 atom stereocenters. The van der Waals surface area contributed by atoms with E-state index in [1.165, 1.54) is 5.56 Å². The molecule has 110 valence electrons. The predicted molar refractivity (Wildman–Crippen MR) is 80.4 cm³/mol. The average Bonchev–Trinajstić information content (AvgIpc) is 3.09. The maximum Gasteiger partial charge on any atom is 0.138 e. The molecule has 0 radical (unpaired) electrons. The molecule has 1 aromatic carbocycles. The third-order valence-corrected chi connectivity index (χ3v) is 3.62. The van der Waals surface area contributed by atoms with E-state index in [-0.39, 0.29) is 6.04 Å². The number of nitrogens with zero attached hydrogens (tertiary/aromatic N) is 3. The Hall–Kier alpha value is -2.18. The van der Waals surface area contributed by atoms with Crippen molar-refractivity contribution >= 4 is 11.0 Å². The molecular weight excluding hydrogens is 266 g/mol. The van der Waals surface area contributed by atoms with E-state index < -0.39 is 0 Å². The Balaban J connectivity index is 1.90. The van der Waals surface area contributed by atoms with Crippen LogP contribution in [0.3, 0.4) is 0 Å². The van der Waals surface area contributed by atoms with E-state index in [0.29, 0.717) is 6.42 Å². The largest absolute Gasteiger partial charge is 0.459 e. The smallest absolute Gasteiger partial charge is 0.138 e. The number of hydrogen-bond donors (Lipinski definition) is 2. The summed E-state index contributed by atoms with van der Waals surface area (Å²) in [4.78, 5) is 4.28. The highest BCUT2D eigenvalue weighted by Crippen LogP contribution is 2.26. The number of hydrogen-bond acceptors (Lipinski definition) is 5. The number of hydrazine groups is 1. The van der Waals surface area contributed by atoms with Crippen molar-refractivity contribution in [1.82, 2.24) is 20.2 Å². The number of rotatable bonds is 5. The van der Waals surface area contributed by atoms with E-state index in [0.717, 1.165) is 29.1 Å². The van der Waals surface area contributed by atoms with Gasteiger partial charge >= 0.3 is 0 Å². The lowest BCUT2D eigenvalue weighted by Crippen LogP contribution is -2.30. The second-order valence-electron chi connectivity index (χ2n) is 5.11. The first-order valence-electron chi connectivity index (χ1n) is 7.04. The van der Waals surface area contributed by atoms with E-state index in [1.54, 1.807) is 6.33 Å². The van der Waals surface area contributed by atoms with Crippen molar-refractivity contribution in [2.24, 2.45) is 5.84 Å². The molecule has 0 aliphatic heterocycles. The fraction of sp³-hybridized carbons (Fsp3) is 0.333. The summed E-state index contributed by atoms with van der Waals surface area (Å²) in [6, 6.07) is 8.02. The van der Waals surface area contributed by atoms with E-state index in [9.17, 15) is 0 Å². The Morgan fingerprint density at radius 2 is 2.24 bits per heavy atom. The van der Waals surface area contributed by atoms with Crippen LogP contribution in [0.5, 0.6) is 0 Å². The van der Waals surface area contributed by atoms with Gasteiger partial charge in [0.05, 0.1) is 6.04 Å². The number of nitrogens with two attached hydrogens (primary N) is 1. The molecule has 2 heterocycles. The standard InChI is InChI=1S/C15H19N5O/c1-3-20-15(17-9-18-20)8-12(19-16)14-7-11-6-10(2)4-5-13(11)21-14/h4-7,9,12,19H,3,8,16H2,1-2H3. The second kappa shape index (κ2) is 5.67. The Morgan fingerprint density at radius 1 is 1.38 bits per heavy atom. The minimum atomic E-state index is -0.132. The summed E-state index contributed by atoms with van der Waals surface area (Å²) in [5.74, 6) is 7.39. The monoisotopic (exact) mass is 285 g/mol. The predicted octanol–water partition coefficient (Wildman–Crippen LogP) is 2.10. The molecule has 0 fully saturated rings. The summed E-state index contributed by atoms with van der Waals surface area (Å²) < 4.78 is 7.76. The first-order valence-corrected chi connectivity index (χ1v) is 7.04. The normalized spacial score (nSPS) is 12.9. The molecule has 0 spiro atoms. The Bertz CT molecular complexity index is 745. The van der Waals surface area contributed by atoms with Gasteiger partial charge in [0.2, 0.25) is 0 Å². The van der Waals surface area contributed by atoms with Crippen molar-refractivity contribution in [2.45, 2.75) is 32.9 Å². The van der Waals surface area contributed by atoms with Crippen LogP contribution in [0.1, 0.15) is 30.1 Å². The quantitative estimate of drug-likeness (QED) is 0.554. The summed E-state index contributed by atoms with van der Waals surface area (Å²) in [7, 11) is 0. The van der Waals surface area contributed by atoms with Gasteiger partial charge in [0, 0.05) is 18.4 Å². The Labute approximate surface area is 122 Å². The van der Waals surface area contributed by atoms with Gasteiger partial charge in [0.15, 0.2) is 0 Å². The van der Waals surface area contributed by atoms with Crippen molar-refractivity contribution < 1.29 is 4.42 Å². The fourth-order valence-corrected chi connectivity index (χ4v) is 2.49. The zero-order valence-corrected chi connectivity index (χ0v) is 12.2. The molecular formula is C15H19N5O. The first-order chi connectivity index (χ1) is 10.2. The van der Waals surface area contributed by atoms with Crippen molar-refractivity contribution in [2.75, 3.05) is 0 Å². The second-order valence-corrected chi connectivity index (χ2v) is 5.11. The molecule has 6 heteroatoms. The molecule has 0 aliphatic rings.